The molecule has 0 saturated carbocycles. The summed E-state index contributed by atoms with van der Waals surface area (Å²) in [6.07, 6.45) is 0. The first-order chi connectivity index (χ1) is 12.4. The van der Waals surface area contributed by atoms with Crippen LogP contribution in [0.3, 0.4) is 0 Å². The van der Waals surface area contributed by atoms with Crippen molar-refractivity contribution in [2.24, 2.45) is 5.73 Å². The lowest BCUT2D eigenvalue weighted by atomic mass is 10.2. The molecule has 0 aromatic heterocycles. The molecule has 138 valence electrons. The van der Waals surface area contributed by atoms with Crippen LogP contribution in [0.25, 0.3) is 0 Å². The molecule has 0 spiro atoms. The Bertz CT molecular complexity index is 798. The van der Waals surface area contributed by atoms with E-state index in [1.165, 1.54) is 7.11 Å². The van der Waals surface area contributed by atoms with Gasteiger partial charge >= 0.3 is 0 Å². The summed E-state index contributed by atoms with van der Waals surface area (Å²) in [5, 5.41) is 6.37. The van der Waals surface area contributed by atoms with Crippen LogP contribution in [-0.2, 0) is 9.59 Å². The van der Waals surface area contributed by atoms with Crippen molar-refractivity contribution >= 4 is 34.8 Å². The van der Waals surface area contributed by atoms with E-state index in [1.807, 2.05) is 0 Å². The summed E-state index contributed by atoms with van der Waals surface area (Å²) in [6.45, 7) is 1.44. The Kier molecular flexibility index (Phi) is 6.68. The van der Waals surface area contributed by atoms with E-state index < -0.39 is 11.9 Å². The largest absolute Gasteiger partial charge is 0.493 e. The summed E-state index contributed by atoms with van der Waals surface area (Å²) in [5.74, 6) is -0.0334. The van der Waals surface area contributed by atoms with E-state index in [9.17, 15) is 9.59 Å². The van der Waals surface area contributed by atoms with Gasteiger partial charge < -0.3 is 25.8 Å². The normalized spacial score (nSPS) is 11.3. The van der Waals surface area contributed by atoms with Gasteiger partial charge in [0.2, 0.25) is 5.91 Å². The Morgan fingerprint density at radius 3 is 2.58 bits per heavy atom. The van der Waals surface area contributed by atoms with Gasteiger partial charge in [0.05, 0.1) is 7.11 Å². The number of ether oxygens (including phenoxy) is 2. The van der Waals surface area contributed by atoms with Crippen LogP contribution in [0.15, 0.2) is 42.5 Å². The summed E-state index contributed by atoms with van der Waals surface area (Å²) >= 11 is 5.91. The average Bonchev–Trinajstić information content (AvgIpc) is 2.60. The van der Waals surface area contributed by atoms with Crippen LogP contribution in [0.5, 0.6) is 11.5 Å². The van der Waals surface area contributed by atoms with Crippen molar-refractivity contribution in [2.75, 3.05) is 24.4 Å². The van der Waals surface area contributed by atoms with Crippen molar-refractivity contribution in [3.8, 4) is 11.5 Å². The van der Waals surface area contributed by atoms with Gasteiger partial charge in [0, 0.05) is 22.5 Å². The molecule has 2 aromatic carbocycles. The van der Waals surface area contributed by atoms with E-state index in [4.69, 9.17) is 26.8 Å². The van der Waals surface area contributed by atoms with Gasteiger partial charge in [0.1, 0.15) is 6.04 Å². The first kappa shape index (κ1) is 19.4. The Morgan fingerprint density at radius 2 is 1.92 bits per heavy atom. The molecule has 1 atom stereocenters. The molecule has 2 aromatic rings. The smallest absolute Gasteiger partial charge is 0.255 e. The number of hydrogen-bond donors (Lipinski definition) is 3. The van der Waals surface area contributed by atoms with Gasteiger partial charge in [-0.1, -0.05) is 17.7 Å². The average molecular weight is 378 g/mol. The number of methoxy groups -OCH3 is 1. The fourth-order valence-corrected chi connectivity index (χ4v) is 2.35. The van der Waals surface area contributed by atoms with Crippen molar-refractivity contribution in [1.82, 2.24) is 0 Å². The van der Waals surface area contributed by atoms with Crippen LogP contribution in [0.4, 0.5) is 11.4 Å². The van der Waals surface area contributed by atoms with Gasteiger partial charge in [0.25, 0.3) is 5.91 Å². The molecule has 2 amide bonds. The molecule has 0 bridgehead atoms. The zero-order valence-corrected chi connectivity index (χ0v) is 15.2. The number of nitrogens with two attached hydrogens (primary N) is 1. The second-order valence-corrected chi connectivity index (χ2v) is 5.92. The van der Waals surface area contributed by atoms with Crippen LogP contribution >= 0.6 is 11.6 Å². The summed E-state index contributed by atoms with van der Waals surface area (Å²) in [4.78, 5) is 23.2. The van der Waals surface area contributed by atoms with Crippen molar-refractivity contribution in [3.05, 3.63) is 47.5 Å². The highest BCUT2D eigenvalue weighted by Gasteiger charge is 2.15. The molecule has 0 aliphatic rings. The number of hydrogen-bond acceptors (Lipinski definition) is 5. The molecule has 2 rings (SSSR count). The zero-order chi connectivity index (χ0) is 19.1. The number of amides is 2. The Labute approximate surface area is 156 Å². The summed E-state index contributed by atoms with van der Waals surface area (Å²) in [5.41, 5.74) is 6.32. The highest BCUT2D eigenvalue weighted by atomic mass is 35.5. The molecule has 0 aliphatic carbocycles. The van der Waals surface area contributed by atoms with Gasteiger partial charge in [-0.2, -0.15) is 0 Å². The maximum Gasteiger partial charge on any atom is 0.255 e. The maximum atomic E-state index is 12.3. The lowest BCUT2D eigenvalue weighted by Gasteiger charge is -2.17. The minimum atomic E-state index is -0.598. The molecule has 0 fully saturated rings. The fourth-order valence-electron chi connectivity index (χ4n) is 2.16. The van der Waals surface area contributed by atoms with E-state index in [0.717, 1.165) is 0 Å². The van der Waals surface area contributed by atoms with E-state index >= 15 is 0 Å². The van der Waals surface area contributed by atoms with E-state index in [0.29, 0.717) is 27.9 Å². The van der Waals surface area contributed by atoms with Crippen LogP contribution < -0.4 is 25.8 Å². The number of rotatable bonds is 8. The summed E-state index contributed by atoms with van der Waals surface area (Å²) in [7, 11) is 1.49. The standard InChI is InChI=1S/C18H20ClN3O4/c1-11(18(24)22-13-5-3-4-12(19)8-13)21-14-6-7-15(25-2)16(9-14)26-10-17(20)23/h3-9,11,21H,10H2,1-2H3,(H2,20,23)(H,22,24)/t11-/m0/s1. The molecule has 0 saturated heterocycles. The van der Waals surface area contributed by atoms with Crippen LogP contribution in [0.1, 0.15) is 6.92 Å². The van der Waals surface area contributed by atoms with Gasteiger partial charge in [0.15, 0.2) is 18.1 Å². The second-order valence-electron chi connectivity index (χ2n) is 5.49. The first-order valence-corrected chi connectivity index (χ1v) is 8.19. The molecule has 0 unspecified atom stereocenters. The Balaban J connectivity index is 2.05. The van der Waals surface area contributed by atoms with Crippen LogP contribution in [-0.4, -0.2) is 31.6 Å². The molecule has 26 heavy (non-hydrogen) atoms. The molecular formula is C18H20ClN3O4. The number of carbonyl (C=O) groups excluding carboxylic acids is 2. The second kappa shape index (κ2) is 8.96. The van der Waals surface area contributed by atoms with Crippen LogP contribution in [0, 0.1) is 0 Å². The van der Waals surface area contributed by atoms with Gasteiger partial charge in [-0.05, 0) is 37.3 Å². The predicted molar refractivity (Wildman–Crippen MR) is 101 cm³/mol. The SMILES string of the molecule is COc1ccc(N[C@@H](C)C(=O)Nc2cccc(Cl)c2)cc1OCC(N)=O. The van der Waals surface area contributed by atoms with Crippen LogP contribution in [0.2, 0.25) is 5.02 Å². The Morgan fingerprint density at radius 1 is 1.15 bits per heavy atom. The van der Waals surface area contributed by atoms with Gasteiger partial charge in [-0.3, -0.25) is 9.59 Å². The number of primary amides is 1. The van der Waals surface area contributed by atoms with Crippen molar-refractivity contribution in [3.63, 3.8) is 0 Å². The first-order valence-electron chi connectivity index (χ1n) is 7.81. The number of halogens is 1. The molecule has 0 heterocycles. The summed E-state index contributed by atoms with van der Waals surface area (Å²) in [6, 6.07) is 11.4. The van der Waals surface area contributed by atoms with Crippen molar-refractivity contribution in [2.45, 2.75) is 13.0 Å². The number of nitrogens with one attached hydrogen (secondary N) is 2. The topological polar surface area (TPSA) is 103 Å². The number of carbonyl (C=O) groups is 2. The molecule has 0 aliphatic heterocycles. The lowest BCUT2D eigenvalue weighted by Crippen LogP contribution is -2.31. The predicted octanol–water partition coefficient (Wildman–Crippen LogP) is 2.65. The molecule has 8 heteroatoms. The maximum absolute atomic E-state index is 12.3. The van der Waals surface area contributed by atoms with E-state index in [1.54, 1.807) is 49.4 Å². The monoisotopic (exact) mass is 377 g/mol. The Hall–Kier alpha value is -2.93. The molecule has 7 nitrogen and oxygen atoms in total. The van der Waals surface area contributed by atoms with Crippen molar-refractivity contribution in [1.29, 1.82) is 0 Å². The molecule has 4 N–H and O–H groups in total. The lowest BCUT2D eigenvalue weighted by molar-refractivity contribution is -0.120. The molecule has 0 radical (unpaired) electrons. The minimum Gasteiger partial charge on any atom is -0.493 e. The van der Waals surface area contributed by atoms with E-state index in [2.05, 4.69) is 10.6 Å². The zero-order valence-electron chi connectivity index (χ0n) is 14.4. The highest BCUT2D eigenvalue weighted by molar-refractivity contribution is 6.30. The fraction of sp³-hybridized carbons (Fsp3) is 0.222. The van der Waals surface area contributed by atoms with E-state index in [-0.39, 0.29) is 12.5 Å². The van der Waals surface area contributed by atoms with Gasteiger partial charge in [-0.15, -0.1) is 0 Å². The summed E-state index contributed by atoms with van der Waals surface area (Å²) < 4.78 is 10.5. The third-order valence-corrected chi connectivity index (χ3v) is 3.64. The number of benzene rings is 2. The third-order valence-electron chi connectivity index (χ3n) is 3.40. The number of anilines is 2. The quantitative estimate of drug-likeness (QED) is 0.656. The van der Waals surface area contributed by atoms with Gasteiger partial charge in [-0.25, -0.2) is 0 Å². The highest BCUT2D eigenvalue weighted by Crippen LogP contribution is 2.30. The third kappa shape index (κ3) is 5.56. The minimum absolute atomic E-state index is 0.234. The molecular weight excluding hydrogens is 358 g/mol. The van der Waals surface area contributed by atoms with Crippen molar-refractivity contribution < 1.29 is 19.1 Å².